The summed E-state index contributed by atoms with van der Waals surface area (Å²) in [5, 5.41) is 0. The SMILES string of the molecule is CC(C(=O)Oc1c(I)cc(I)cc1I)(C(=O)Oc1c(I)cc(I)cc1I)C(=O)OC(CS(=O)(=O)O)C(F)(F)F. The Morgan fingerprint density at radius 1 is 0.795 bits per heavy atom. The van der Waals surface area contributed by atoms with Gasteiger partial charge in [-0.05, 0) is 167 Å². The van der Waals surface area contributed by atoms with Crippen molar-refractivity contribution < 1.29 is 54.7 Å². The molecule has 9 nitrogen and oxygen atoms in total. The van der Waals surface area contributed by atoms with Crippen LogP contribution in [0.1, 0.15) is 6.92 Å². The number of alkyl halides is 3. The van der Waals surface area contributed by atoms with Crippen LogP contribution in [0.25, 0.3) is 0 Å². The average Bonchev–Trinajstić information content (AvgIpc) is 2.75. The van der Waals surface area contributed by atoms with Gasteiger partial charge < -0.3 is 14.2 Å². The van der Waals surface area contributed by atoms with E-state index in [9.17, 15) is 36.0 Å². The summed E-state index contributed by atoms with van der Waals surface area (Å²) in [5.74, 6) is -7.62. The summed E-state index contributed by atoms with van der Waals surface area (Å²) in [4.78, 5) is 39.8. The van der Waals surface area contributed by atoms with Crippen LogP contribution in [0.3, 0.4) is 0 Å². The fraction of sp³-hybridized carbons (Fsp3) is 0.250. The van der Waals surface area contributed by atoms with Gasteiger partial charge in [-0.25, -0.2) is 9.59 Å². The fourth-order valence-corrected chi connectivity index (χ4v) is 10.8. The number of benzene rings is 2. The Kier molecular flexibility index (Phi) is 13.1. The molecule has 0 aromatic heterocycles. The van der Waals surface area contributed by atoms with Crippen molar-refractivity contribution in [1.29, 1.82) is 0 Å². The topological polar surface area (TPSA) is 133 Å². The maximum absolute atomic E-state index is 13.5. The van der Waals surface area contributed by atoms with E-state index >= 15 is 0 Å². The van der Waals surface area contributed by atoms with E-state index in [1.54, 1.807) is 24.3 Å². The van der Waals surface area contributed by atoms with Crippen LogP contribution in [0, 0.1) is 26.8 Å². The van der Waals surface area contributed by atoms with Gasteiger partial charge in [0, 0.05) is 7.14 Å². The molecule has 0 aliphatic carbocycles. The number of carbonyl (C=O) groups is 3. The second-order valence-electron chi connectivity index (χ2n) is 7.49. The molecule has 0 fully saturated rings. The first-order valence-corrected chi connectivity index (χ1v) is 17.7. The molecule has 0 spiro atoms. The van der Waals surface area contributed by atoms with E-state index < -0.39 is 51.5 Å². The molecule has 0 radical (unpaired) electrons. The molecule has 19 heteroatoms. The molecule has 1 N–H and O–H groups in total. The Bertz CT molecular complexity index is 1310. The number of rotatable bonds is 8. The van der Waals surface area contributed by atoms with Crippen molar-refractivity contribution in [2.45, 2.75) is 19.2 Å². The Morgan fingerprint density at radius 3 is 1.41 bits per heavy atom. The second-order valence-corrected chi connectivity index (χ2v) is 16.1. The van der Waals surface area contributed by atoms with Crippen molar-refractivity contribution in [3.05, 3.63) is 45.7 Å². The van der Waals surface area contributed by atoms with Gasteiger partial charge in [0.25, 0.3) is 15.5 Å². The third kappa shape index (κ3) is 9.71. The summed E-state index contributed by atoms with van der Waals surface area (Å²) < 4.78 is 89.7. The third-order valence-electron chi connectivity index (χ3n) is 4.52. The molecule has 0 heterocycles. The number of ether oxygens (including phenoxy) is 3. The predicted molar refractivity (Wildman–Crippen MR) is 181 cm³/mol. The van der Waals surface area contributed by atoms with Gasteiger partial charge in [-0.1, -0.05) is 0 Å². The quantitative estimate of drug-likeness (QED) is 0.108. The third-order valence-corrected chi connectivity index (χ3v) is 9.69. The van der Waals surface area contributed by atoms with Crippen molar-refractivity contribution in [2.24, 2.45) is 5.41 Å². The normalized spacial score (nSPS) is 13.0. The molecule has 1 atom stereocenters. The largest absolute Gasteiger partial charge is 0.450 e. The minimum absolute atomic E-state index is 0.0859. The number of hydrogen-bond donors (Lipinski definition) is 1. The van der Waals surface area contributed by atoms with Crippen LogP contribution in [-0.2, 0) is 29.2 Å². The molecule has 0 saturated carbocycles. The smallest absolute Gasteiger partial charge is 0.426 e. The van der Waals surface area contributed by atoms with Gasteiger partial charge in [0.05, 0.1) is 14.3 Å². The summed E-state index contributed by atoms with van der Waals surface area (Å²) in [6.07, 6.45) is -8.89. The standard InChI is InChI=1S/C20H11F3I6O9S/c1-19(16(30)36-13(20(21,22)23)6-39(33,34)35,17(31)37-14-9(26)2-7(24)3-10(14)27)18(32)38-15-11(28)4-8(25)5-12(15)29/h2-5,13H,6H2,1H3,(H,33,34,35). The fourth-order valence-electron chi connectivity index (χ4n) is 2.53. The van der Waals surface area contributed by atoms with Crippen molar-refractivity contribution in [3.63, 3.8) is 0 Å². The predicted octanol–water partition coefficient (Wildman–Crippen LogP) is 6.19. The molecule has 0 saturated heterocycles. The highest BCUT2D eigenvalue weighted by atomic mass is 127. The summed E-state index contributed by atoms with van der Waals surface area (Å²) in [7, 11) is -5.30. The lowest BCUT2D eigenvalue weighted by Gasteiger charge is -2.27. The zero-order valence-corrected chi connectivity index (χ0v) is 32.4. The average molecular weight is 1250 g/mol. The molecule has 214 valence electrons. The highest BCUT2D eigenvalue weighted by Gasteiger charge is 2.57. The Morgan fingerprint density at radius 2 is 1.13 bits per heavy atom. The van der Waals surface area contributed by atoms with Gasteiger partial charge in [-0.15, -0.1) is 0 Å². The van der Waals surface area contributed by atoms with E-state index in [1.165, 1.54) is 0 Å². The maximum atomic E-state index is 13.5. The summed E-state index contributed by atoms with van der Waals surface area (Å²) >= 11 is 11.3. The molecular weight excluding hydrogens is 1230 g/mol. The van der Waals surface area contributed by atoms with Crippen LogP contribution in [0.2, 0.25) is 0 Å². The van der Waals surface area contributed by atoms with Crippen molar-refractivity contribution in [3.8, 4) is 11.5 Å². The van der Waals surface area contributed by atoms with Crippen molar-refractivity contribution in [1.82, 2.24) is 0 Å². The monoisotopic (exact) mass is 1250 g/mol. The Labute approximate surface area is 301 Å². The minimum atomic E-state index is -5.48. The summed E-state index contributed by atoms with van der Waals surface area (Å²) in [6.45, 7) is 0.639. The zero-order valence-electron chi connectivity index (χ0n) is 18.6. The van der Waals surface area contributed by atoms with E-state index in [4.69, 9.17) is 14.0 Å². The maximum Gasteiger partial charge on any atom is 0.426 e. The number of hydrogen-bond acceptors (Lipinski definition) is 8. The van der Waals surface area contributed by atoms with Gasteiger partial charge >= 0.3 is 24.1 Å². The lowest BCUT2D eigenvalue weighted by Crippen LogP contribution is -2.52. The molecule has 0 bridgehead atoms. The molecule has 2 aromatic rings. The first-order valence-electron chi connectivity index (χ1n) is 9.63. The Balaban J connectivity index is 2.60. The van der Waals surface area contributed by atoms with Crippen LogP contribution in [0.4, 0.5) is 13.2 Å². The van der Waals surface area contributed by atoms with Gasteiger partial charge in [0.15, 0.2) is 11.5 Å². The minimum Gasteiger partial charge on any atom is -0.450 e. The lowest BCUT2D eigenvalue weighted by molar-refractivity contribution is -0.222. The van der Waals surface area contributed by atoms with Crippen LogP contribution in [0.15, 0.2) is 24.3 Å². The number of esters is 3. The zero-order chi connectivity index (χ0) is 30.1. The van der Waals surface area contributed by atoms with Gasteiger partial charge in [0.1, 0.15) is 5.75 Å². The molecule has 2 aromatic carbocycles. The molecule has 0 aliphatic heterocycles. The molecule has 0 aliphatic rings. The lowest BCUT2D eigenvalue weighted by atomic mass is 9.90. The molecular formula is C20H11F3I6O9S. The highest BCUT2D eigenvalue weighted by Crippen LogP contribution is 2.36. The van der Waals surface area contributed by atoms with Crippen molar-refractivity contribution in [2.75, 3.05) is 5.75 Å². The first-order chi connectivity index (χ1) is 17.7. The van der Waals surface area contributed by atoms with E-state index in [-0.39, 0.29) is 11.5 Å². The van der Waals surface area contributed by atoms with Crippen LogP contribution >= 0.6 is 136 Å². The van der Waals surface area contributed by atoms with Crippen LogP contribution in [-0.4, -0.2) is 48.9 Å². The van der Waals surface area contributed by atoms with E-state index in [2.05, 4.69) is 4.74 Å². The first kappa shape index (κ1) is 36.1. The number of halogens is 9. The van der Waals surface area contributed by atoms with Gasteiger partial charge in [0.2, 0.25) is 6.10 Å². The molecule has 0 amide bonds. The second kappa shape index (κ2) is 14.1. The van der Waals surface area contributed by atoms with Crippen LogP contribution < -0.4 is 9.47 Å². The number of carbonyl (C=O) groups excluding carboxylic acids is 3. The van der Waals surface area contributed by atoms with Gasteiger partial charge in [-0.2, -0.15) is 21.6 Å². The summed E-state index contributed by atoms with van der Waals surface area (Å²) in [6, 6.07) is 6.40. The van der Waals surface area contributed by atoms with E-state index in [1.807, 2.05) is 136 Å². The van der Waals surface area contributed by atoms with Crippen molar-refractivity contribution >= 4 is 164 Å². The molecule has 39 heavy (non-hydrogen) atoms. The molecule has 1 unspecified atom stereocenters. The van der Waals surface area contributed by atoms with E-state index in [0.717, 1.165) is 7.14 Å². The van der Waals surface area contributed by atoms with Crippen LogP contribution in [0.5, 0.6) is 11.5 Å². The summed E-state index contributed by atoms with van der Waals surface area (Å²) in [5.41, 5.74) is -3.16. The molecule has 2 rings (SSSR count). The van der Waals surface area contributed by atoms with Gasteiger partial charge in [-0.3, -0.25) is 9.35 Å². The van der Waals surface area contributed by atoms with E-state index in [0.29, 0.717) is 21.2 Å². The Hall–Kier alpha value is 0.930. The highest BCUT2D eigenvalue weighted by molar-refractivity contribution is 14.1.